The summed E-state index contributed by atoms with van der Waals surface area (Å²) in [5.41, 5.74) is 0.538. The second kappa shape index (κ2) is 4.03. The van der Waals surface area contributed by atoms with Crippen LogP contribution in [0.1, 0.15) is 18.9 Å². The zero-order valence-corrected chi connectivity index (χ0v) is 7.63. The largest absolute Gasteiger partial charge is 0.426 e. The average molecular weight is 182 g/mol. The summed E-state index contributed by atoms with van der Waals surface area (Å²) in [6.07, 6.45) is 0.287. The number of benzene rings is 1. The van der Waals surface area contributed by atoms with E-state index >= 15 is 0 Å². The van der Waals surface area contributed by atoms with Gasteiger partial charge >= 0.3 is 5.97 Å². The molecule has 0 aliphatic carbocycles. The Morgan fingerprint density at radius 2 is 2.23 bits per heavy atom. The number of esters is 1. The minimum atomic E-state index is -0.360. The van der Waals surface area contributed by atoms with Crippen molar-refractivity contribution in [2.75, 3.05) is 0 Å². The van der Waals surface area contributed by atoms with Gasteiger partial charge in [-0.3, -0.25) is 4.79 Å². The Kier molecular flexibility index (Phi) is 3.01. The fourth-order valence-electron chi connectivity index (χ4n) is 0.841. The zero-order chi connectivity index (χ0) is 9.84. The highest BCUT2D eigenvalue weighted by Crippen LogP contribution is 2.16. The number of halogens is 1. The Balaban J connectivity index is 2.79. The lowest BCUT2D eigenvalue weighted by atomic mass is 10.2. The van der Waals surface area contributed by atoms with Crippen LogP contribution in [0.3, 0.4) is 0 Å². The molecular formula is C10H11FO2. The van der Waals surface area contributed by atoms with Gasteiger partial charge in [0.15, 0.2) is 0 Å². The molecule has 70 valence electrons. The summed E-state index contributed by atoms with van der Waals surface area (Å²) in [5.74, 6) is -0.459. The highest BCUT2D eigenvalue weighted by atomic mass is 19.1. The zero-order valence-electron chi connectivity index (χ0n) is 7.63. The van der Waals surface area contributed by atoms with E-state index in [1.54, 1.807) is 26.0 Å². The van der Waals surface area contributed by atoms with E-state index in [1.165, 1.54) is 6.07 Å². The predicted molar refractivity (Wildman–Crippen MR) is 47.1 cm³/mol. The molecule has 0 bridgehead atoms. The normalized spacial score (nSPS) is 9.77. The van der Waals surface area contributed by atoms with Gasteiger partial charge in [-0.05, 0) is 18.6 Å². The molecule has 3 heteroatoms. The van der Waals surface area contributed by atoms with Crippen molar-refractivity contribution in [3.63, 3.8) is 0 Å². The molecule has 1 aromatic carbocycles. The molecule has 0 atom stereocenters. The number of hydrogen-bond donors (Lipinski definition) is 0. The molecule has 0 saturated carbocycles. The standard InChI is InChI=1S/C10H11FO2/c1-3-10(12)13-8-5-4-7(2)9(11)6-8/h4-6H,3H2,1-2H3. The second-order valence-corrected chi connectivity index (χ2v) is 2.74. The van der Waals surface area contributed by atoms with Gasteiger partial charge in [0.25, 0.3) is 0 Å². The first kappa shape index (κ1) is 9.71. The first-order valence-corrected chi connectivity index (χ1v) is 4.10. The molecule has 0 saturated heterocycles. The molecule has 0 aromatic heterocycles. The fourth-order valence-corrected chi connectivity index (χ4v) is 0.841. The molecule has 0 unspecified atom stereocenters. The summed E-state index contributed by atoms with van der Waals surface area (Å²) in [6.45, 7) is 3.34. The first-order chi connectivity index (χ1) is 6.13. The van der Waals surface area contributed by atoms with Crippen LogP contribution in [0.5, 0.6) is 5.75 Å². The van der Waals surface area contributed by atoms with Gasteiger partial charge in [-0.1, -0.05) is 13.0 Å². The quantitative estimate of drug-likeness (QED) is 0.518. The van der Waals surface area contributed by atoms with E-state index in [-0.39, 0.29) is 24.0 Å². The van der Waals surface area contributed by atoms with Crippen LogP contribution in [-0.2, 0) is 4.79 Å². The van der Waals surface area contributed by atoms with Crippen molar-refractivity contribution in [2.45, 2.75) is 20.3 Å². The lowest BCUT2D eigenvalue weighted by Crippen LogP contribution is -2.05. The molecule has 0 spiro atoms. The third kappa shape index (κ3) is 2.54. The molecule has 1 aromatic rings. The van der Waals surface area contributed by atoms with Crippen molar-refractivity contribution in [3.8, 4) is 5.75 Å². The van der Waals surface area contributed by atoms with Gasteiger partial charge < -0.3 is 4.74 Å². The van der Waals surface area contributed by atoms with Crippen LogP contribution in [0.2, 0.25) is 0 Å². The highest BCUT2D eigenvalue weighted by Gasteiger charge is 2.03. The maximum absolute atomic E-state index is 12.9. The minimum Gasteiger partial charge on any atom is -0.426 e. The van der Waals surface area contributed by atoms with Crippen LogP contribution in [0.15, 0.2) is 18.2 Å². The van der Waals surface area contributed by atoms with Gasteiger partial charge in [-0.25, -0.2) is 4.39 Å². The summed E-state index contributed by atoms with van der Waals surface area (Å²) in [5, 5.41) is 0. The van der Waals surface area contributed by atoms with Crippen molar-refractivity contribution in [1.29, 1.82) is 0 Å². The SMILES string of the molecule is CCC(=O)Oc1ccc(C)c(F)c1. The smallest absolute Gasteiger partial charge is 0.310 e. The maximum Gasteiger partial charge on any atom is 0.310 e. The van der Waals surface area contributed by atoms with Gasteiger partial charge in [0.05, 0.1) is 0 Å². The van der Waals surface area contributed by atoms with E-state index in [4.69, 9.17) is 4.74 Å². The summed E-state index contributed by atoms with van der Waals surface area (Å²) in [6, 6.07) is 4.36. The van der Waals surface area contributed by atoms with E-state index in [2.05, 4.69) is 0 Å². The molecular weight excluding hydrogens is 171 g/mol. The molecule has 13 heavy (non-hydrogen) atoms. The summed E-state index contributed by atoms with van der Waals surface area (Å²) in [4.78, 5) is 10.8. The predicted octanol–water partition coefficient (Wildman–Crippen LogP) is 2.45. The van der Waals surface area contributed by atoms with Crippen molar-refractivity contribution in [2.24, 2.45) is 0 Å². The lowest BCUT2D eigenvalue weighted by molar-refractivity contribution is -0.134. The Bertz CT molecular complexity index is 321. The number of aryl methyl sites for hydroxylation is 1. The average Bonchev–Trinajstić information content (AvgIpc) is 2.11. The van der Waals surface area contributed by atoms with E-state index < -0.39 is 0 Å². The van der Waals surface area contributed by atoms with Crippen molar-refractivity contribution in [3.05, 3.63) is 29.6 Å². The van der Waals surface area contributed by atoms with Crippen LogP contribution >= 0.6 is 0 Å². The van der Waals surface area contributed by atoms with Gasteiger partial charge in [-0.15, -0.1) is 0 Å². The Morgan fingerprint density at radius 3 is 2.77 bits per heavy atom. The second-order valence-electron chi connectivity index (χ2n) is 2.74. The molecule has 1 rings (SSSR count). The number of ether oxygens (including phenoxy) is 1. The molecule has 0 fully saturated rings. The number of carbonyl (C=O) groups excluding carboxylic acids is 1. The number of carbonyl (C=O) groups is 1. The van der Waals surface area contributed by atoms with Gasteiger partial charge in [0, 0.05) is 12.5 Å². The van der Waals surface area contributed by atoms with Crippen LogP contribution in [0, 0.1) is 12.7 Å². The highest BCUT2D eigenvalue weighted by molar-refractivity contribution is 5.71. The number of hydrogen-bond acceptors (Lipinski definition) is 2. The molecule has 0 N–H and O–H groups in total. The Hall–Kier alpha value is -1.38. The third-order valence-corrected chi connectivity index (χ3v) is 1.66. The van der Waals surface area contributed by atoms with Gasteiger partial charge in [0.2, 0.25) is 0 Å². The molecule has 2 nitrogen and oxygen atoms in total. The molecule has 0 heterocycles. The van der Waals surface area contributed by atoms with Crippen molar-refractivity contribution in [1.82, 2.24) is 0 Å². The van der Waals surface area contributed by atoms with Crippen molar-refractivity contribution >= 4 is 5.97 Å². The van der Waals surface area contributed by atoms with Gasteiger partial charge in [0.1, 0.15) is 11.6 Å². The fraction of sp³-hybridized carbons (Fsp3) is 0.300. The molecule has 0 amide bonds. The van der Waals surface area contributed by atoms with E-state index in [1.807, 2.05) is 0 Å². The number of rotatable bonds is 2. The Morgan fingerprint density at radius 1 is 1.54 bits per heavy atom. The molecule has 0 radical (unpaired) electrons. The van der Waals surface area contributed by atoms with Crippen LogP contribution in [0.4, 0.5) is 4.39 Å². The summed E-state index contributed by atoms with van der Waals surface area (Å²) in [7, 11) is 0. The van der Waals surface area contributed by atoms with Crippen molar-refractivity contribution < 1.29 is 13.9 Å². The molecule has 0 aliphatic rings. The van der Waals surface area contributed by atoms with Crippen LogP contribution in [0.25, 0.3) is 0 Å². The summed E-state index contributed by atoms with van der Waals surface area (Å²) >= 11 is 0. The topological polar surface area (TPSA) is 26.3 Å². The first-order valence-electron chi connectivity index (χ1n) is 4.10. The monoisotopic (exact) mass is 182 g/mol. The van der Waals surface area contributed by atoms with E-state index in [0.717, 1.165) is 0 Å². The Labute approximate surface area is 76.3 Å². The van der Waals surface area contributed by atoms with E-state index in [0.29, 0.717) is 5.56 Å². The van der Waals surface area contributed by atoms with Gasteiger partial charge in [-0.2, -0.15) is 0 Å². The van der Waals surface area contributed by atoms with Crippen LogP contribution < -0.4 is 4.74 Å². The maximum atomic E-state index is 12.9. The van der Waals surface area contributed by atoms with E-state index in [9.17, 15) is 9.18 Å². The minimum absolute atomic E-state index is 0.259. The third-order valence-electron chi connectivity index (χ3n) is 1.66. The molecule has 0 aliphatic heterocycles. The van der Waals surface area contributed by atoms with Crippen LogP contribution in [-0.4, -0.2) is 5.97 Å². The lowest BCUT2D eigenvalue weighted by Gasteiger charge is -2.03. The summed E-state index contributed by atoms with van der Waals surface area (Å²) < 4.78 is 17.8.